The van der Waals surface area contributed by atoms with Gasteiger partial charge in [0.25, 0.3) is 5.91 Å². The molecule has 36 heavy (non-hydrogen) atoms. The van der Waals surface area contributed by atoms with Crippen LogP contribution in [-0.4, -0.2) is 34.9 Å². The fourth-order valence-electron chi connectivity index (χ4n) is 3.08. The zero-order chi connectivity index (χ0) is 26.1. The number of nitrogens with one attached hydrogen (secondary N) is 4. The molecular formula is C23H25N7O5S. The minimum Gasteiger partial charge on any atom is -0.373 e. The number of carbonyl (C=O) groups is 4. The van der Waals surface area contributed by atoms with E-state index in [2.05, 4.69) is 30.5 Å². The van der Waals surface area contributed by atoms with Crippen molar-refractivity contribution < 1.29 is 24.0 Å². The number of nitrogens with zero attached hydrogens (tertiary/aromatic N) is 1. The number of benzene rings is 2. The van der Waals surface area contributed by atoms with Crippen LogP contribution in [0, 0.1) is 6.92 Å². The van der Waals surface area contributed by atoms with Gasteiger partial charge in [-0.25, -0.2) is 9.59 Å². The number of nitrogens with two attached hydrogens (primary N) is 2. The molecule has 2 aromatic carbocycles. The molecule has 0 saturated carbocycles. The first kappa shape index (κ1) is 26.1. The van der Waals surface area contributed by atoms with Crippen LogP contribution >= 0.6 is 11.5 Å². The molecule has 1 heterocycles. The van der Waals surface area contributed by atoms with Crippen molar-refractivity contribution >= 4 is 51.8 Å². The van der Waals surface area contributed by atoms with Gasteiger partial charge in [0.1, 0.15) is 10.6 Å². The fourth-order valence-corrected chi connectivity index (χ4v) is 3.89. The molecule has 1 aromatic heterocycles. The van der Waals surface area contributed by atoms with Crippen LogP contribution in [0.25, 0.3) is 11.3 Å². The number of hydrogen-bond acceptors (Lipinski definition) is 8. The van der Waals surface area contributed by atoms with E-state index in [1.807, 2.05) is 19.1 Å². The van der Waals surface area contributed by atoms with E-state index < -0.39 is 23.9 Å². The summed E-state index contributed by atoms with van der Waals surface area (Å²) in [6.07, 6.45) is 0.371. The van der Waals surface area contributed by atoms with Gasteiger partial charge in [0.2, 0.25) is 0 Å². The summed E-state index contributed by atoms with van der Waals surface area (Å²) in [4.78, 5) is 51.6. The number of primary amides is 1. The number of aryl methyl sites for hydroxylation is 1. The van der Waals surface area contributed by atoms with Gasteiger partial charge < -0.3 is 26.5 Å². The van der Waals surface area contributed by atoms with Gasteiger partial charge in [-0.3, -0.25) is 14.9 Å². The van der Waals surface area contributed by atoms with E-state index in [0.717, 1.165) is 17.1 Å². The Bertz CT molecular complexity index is 1240. The monoisotopic (exact) mass is 511 g/mol. The number of anilines is 3. The first-order valence-corrected chi connectivity index (χ1v) is 11.5. The summed E-state index contributed by atoms with van der Waals surface area (Å²) in [6, 6.07) is 13.0. The van der Waals surface area contributed by atoms with E-state index in [1.54, 1.807) is 36.4 Å². The normalized spacial score (nSPS) is 10.3. The molecule has 3 aromatic rings. The molecule has 0 spiro atoms. The number of hydrogen-bond donors (Lipinski definition) is 6. The molecule has 0 saturated heterocycles. The molecule has 0 aliphatic carbocycles. The van der Waals surface area contributed by atoms with Crippen molar-refractivity contribution in [3.63, 3.8) is 0 Å². The minimum absolute atomic E-state index is 0.0481. The van der Waals surface area contributed by atoms with Gasteiger partial charge in [0.15, 0.2) is 0 Å². The number of rotatable bonds is 9. The lowest BCUT2D eigenvalue weighted by Gasteiger charge is -2.09. The number of carbonyl (C=O) groups excluding carboxylic acids is 4. The van der Waals surface area contributed by atoms with E-state index in [9.17, 15) is 19.2 Å². The number of urea groups is 2. The number of aromatic nitrogens is 1. The maximum atomic E-state index is 12.2. The highest BCUT2D eigenvalue weighted by molar-refractivity contribution is 7.11. The second-order valence-electron chi connectivity index (χ2n) is 7.60. The van der Waals surface area contributed by atoms with Crippen LogP contribution in [0.4, 0.5) is 26.0 Å². The molecule has 0 unspecified atom stereocenters. The zero-order valence-electron chi connectivity index (χ0n) is 19.3. The first-order valence-electron chi connectivity index (χ1n) is 10.8. The van der Waals surface area contributed by atoms with Crippen molar-refractivity contribution in [1.29, 1.82) is 0 Å². The van der Waals surface area contributed by atoms with Crippen molar-refractivity contribution in [2.45, 2.75) is 19.8 Å². The maximum absolute atomic E-state index is 12.2. The molecule has 12 nitrogen and oxygen atoms in total. The van der Waals surface area contributed by atoms with Crippen LogP contribution in [0.5, 0.6) is 0 Å². The molecule has 8 N–H and O–H groups in total. The smallest absolute Gasteiger partial charge is 0.324 e. The van der Waals surface area contributed by atoms with E-state index in [4.69, 9.17) is 11.6 Å². The lowest BCUT2D eigenvalue weighted by Crippen LogP contribution is -2.30. The third kappa shape index (κ3) is 7.25. The quantitative estimate of drug-likeness (QED) is 0.188. The van der Waals surface area contributed by atoms with Crippen molar-refractivity contribution in [1.82, 2.24) is 9.69 Å². The first-order chi connectivity index (χ1) is 17.3. The molecule has 0 aliphatic rings. The summed E-state index contributed by atoms with van der Waals surface area (Å²) in [6.45, 7) is 2.14. The maximum Gasteiger partial charge on any atom is 0.324 e. The van der Waals surface area contributed by atoms with Crippen molar-refractivity contribution in [2.75, 3.05) is 22.5 Å². The third-order valence-electron chi connectivity index (χ3n) is 4.87. The summed E-state index contributed by atoms with van der Waals surface area (Å²) < 4.78 is 4.27. The molecule has 0 bridgehead atoms. The Kier molecular flexibility index (Phi) is 8.91. The zero-order valence-corrected chi connectivity index (χ0v) is 20.1. The van der Waals surface area contributed by atoms with E-state index in [-0.39, 0.29) is 23.5 Å². The van der Waals surface area contributed by atoms with E-state index >= 15 is 0 Å². The van der Waals surface area contributed by atoms with Crippen LogP contribution < -0.4 is 32.9 Å². The van der Waals surface area contributed by atoms with Crippen molar-refractivity contribution in [3.8, 4) is 11.3 Å². The Morgan fingerprint density at radius 2 is 1.53 bits per heavy atom. The minimum atomic E-state index is -0.764. The molecule has 188 valence electrons. The third-order valence-corrected chi connectivity index (χ3v) is 5.63. The number of amides is 5. The van der Waals surface area contributed by atoms with Crippen LogP contribution in [0.2, 0.25) is 0 Å². The Morgan fingerprint density at radius 1 is 0.917 bits per heavy atom. The SMILES string of the molecule is Cc1ccc(NC(=O)Nc2ccc(-c3nsc(NC(=O)NCCCC(=O)ON)c3C(N)=O)cc2)cc1. The molecule has 5 amide bonds. The van der Waals surface area contributed by atoms with Gasteiger partial charge >= 0.3 is 18.0 Å². The average Bonchev–Trinajstić information content (AvgIpc) is 3.27. The second-order valence-corrected chi connectivity index (χ2v) is 8.37. The average molecular weight is 512 g/mol. The topological polar surface area (TPSA) is 191 Å². The van der Waals surface area contributed by atoms with Crippen molar-refractivity contribution in [2.24, 2.45) is 11.6 Å². The highest BCUT2D eigenvalue weighted by Gasteiger charge is 2.21. The highest BCUT2D eigenvalue weighted by Crippen LogP contribution is 2.32. The van der Waals surface area contributed by atoms with Gasteiger partial charge in [0.05, 0.1) is 5.69 Å². The van der Waals surface area contributed by atoms with E-state index in [0.29, 0.717) is 29.1 Å². The molecule has 13 heteroatoms. The molecule has 3 rings (SSSR count). The largest absolute Gasteiger partial charge is 0.373 e. The summed E-state index contributed by atoms with van der Waals surface area (Å²) in [5.74, 6) is 3.40. The molecule has 0 atom stereocenters. The standard InChI is InChI=1S/C23H25N7O5S/c1-13-4-8-15(9-5-13)27-23(34)28-16-10-6-14(7-11-16)19-18(20(24)32)21(36-30-19)29-22(33)26-12-2-3-17(31)35-25/h4-11H,2-3,12,25H2,1H3,(H2,24,32)(H2,26,29,33)(H2,27,28,34). The second kappa shape index (κ2) is 12.3. The van der Waals surface area contributed by atoms with Gasteiger partial charge in [-0.05, 0) is 49.1 Å². The molecule has 0 aliphatic heterocycles. The summed E-state index contributed by atoms with van der Waals surface area (Å²) in [5, 5.41) is 10.7. The Morgan fingerprint density at radius 3 is 2.11 bits per heavy atom. The summed E-state index contributed by atoms with van der Waals surface area (Å²) >= 11 is 0.899. The lowest BCUT2D eigenvalue weighted by atomic mass is 10.1. The van der Waals surface area contributed by atoms with Gasteiger partial charge in [0, 0.05) is 29.9 Å². The van der Waals surface area contributed by atoms with E-state index in [1.165, 1.54) is 0 Å². The van der Waals surface area contributed by atoms with Gasteiger partial charge in [-0.15, -0.1) is 0 Å². The molecule has 0 radical (unpaired) electrons. The Hall–Kier alpha value is -4.49. The van der Waals surface area contributed by atoms with Gasteiger partial charge in [-0.2, -0.15) is 10.3 Å². The van der Waals surface area contributed by atoms with Crippen LogP contribution in [0.1, 0.15) is 28.8 Å². The van der Waals surface area contributed by atoms with Crippen LogP contribution in [0.15, 0.2) is 48.5 Å². The van der Waals surface area contributed by atoms with Crippen LogP contribution in [0.3, 0.4) is 0 Å². The van der Waals surface area contributed by atoms with Gasteiger partial charge in [-0.1, -0.05) is 29.8 Å². The van der Waals surface area contributed by atoms with Crippen LogP contribution in [-0.2, 0) is 9.63 Å². The van der Waals surface area contributed by atoms with Crippen molar-refractivity contribution in [3.05, 3.63) is 59.7 Å². The summed E-state index contributed by atoms with van der Waals surface area (Å²) in [5.41, 5.74) is 8.73. The Labute approximate surface area is 210 Å². The molecular weight excluding hydrogens is 486 g/mol. The lowest BCUT2D eigenvalue weighted by molar-refractivity contribution is -0.144. The summed E-state index contributed by atoms with van der Waals surface area (Å²) in [7, 11) is 0. The highest BCUT2D eigenvalue weighted by atomic mass is 32.1. The fraction of sp³-hybridized carbons (Fsp3) is 0.174. The predicted molar refractivity (Wildman–Crippen MR) is 136 cm³/mol. The molecule has 0 fully saturated rings. The predicted octanol–water partition coefficient (Wildman–Crippen LogP) is 3.18. The Balaban J connectivity index is 1.62.